The summed E-state index contributed by atoms with van der Waals surface area (Å²) in [6.07, 6.45) is -0.423. The fourth-order valence-electron chi connectivity index (χ4n) is 2.35. The van der Waals surface area contributed by atoms with Gasteiger partial charge in [0.15, 0.2) is 6.10 Å². The van der Waals surface area contributed by atoms with Gasteiger partial charge in [-0.05, 0) is 35.4 Å². The van der Waals surface area contributed by atoms with Gasteiger partial charge < -0.3 is 4.74 Å². The van der Waals surface area contributed by atoms with Crippen molar-refractivity contribution in [1.29, 1.82) is 0 Å². The third kappa shape index (κ3) is 3.88. The molecule has 0 amide bonds. The summed E-state index contributed by atoms with van der Waals surface area (Å²) >= 11 is 3.37. The maximum Gasteiger partial charge on any atom is 0.339 e. The fourth-order valence-corrected chi connectivity index (χ4v) is 2.61. The van der Waals surface area contributed by atoms with Gasteiger partial charge in [-0.3, -0.25) is 0 Å². The van der Waals surface area contributed by atoms with E-state index in [0.717, 1.165) is 15.6 Å². The molecule has 0 heterocycles. The first-order valence-electron chi connectivity index (χ1n) is 7.30. The second-order valence-electron chi connectivity index (χ2n) is 5.11. The lowest BCUT2D eigenvalue weighted by Crippen LogP contribution is -2.13. The van der Waals surface area contributed by atoms with Crippen molar-refractivity contribution in [2.75, 3.05) is 0 Å². The molecule has 0 aromatic heterocycles. The minimum Gasteiger partial charge on any atom is -0.449 e. The van der Waals surface area contributed by atoms with Gasteiger partial charge in [-0.1, -0.05) is 76.6 Å². The second-order valence-corrected chi connectivity index (χ2v) is 6.03. The van der Waals surface area contributed by atoms with Crippen molar-refractivity contribution in [2.45, 2.75) is 6.10 Å². The molecule has 3 rings (SSSR count). The monoisotopic (exact) mass is 366 g/mol. The summed E-state index contributed by atoms with van der Waals surface area (Å²) in [4.78, 5) is 12.5. The van der Waals surface area contributed by atoms with Crippen LogP contribution in [0.4, 0.5) is 0 Å². The van der Waals surface area contributed by atoms with Crippen LogP contribution in [-0.2, 0) is 4.74 Å². The van der Waals surface area contributed by atoms with E-state index in [0.29, 0.717) is 5.56 Å². The second kappa shape index (κ2) is 7.25. The molecule has 0 saturated heterocycles. The molecule has 0 N–H and O–H groups in total. The fraction of sp³-hybridized carbons (Fsp3) is 0.0500. The van der Waals surface area contributed by atoms with Gasteiger partial charge >= 0.3 is 5.97 Å². The van der Waals surface area contributed by atoms with Crippen LogP contribution in [0.25, 0.3) is 0 Å². The molecule has 3 aromatic carbocycles. The smallest absolute Gasteiger partial charge is 0.339 e. The third-order valence-corrected chi connectivity index (χ3v) is 4.04. The van der Waals surface area contributed by atoms with Gasteiger partial charge in [0.2, 0.25) is 0 Å². The molecule has 0 atom stereocenters. The van der Waals surface area contributed by atoms with E-state index in [1.165, 1.54) is 0 Å². The summed E-state index contributed by atoms with van der Waals surface area (Å²) in [5.41, 5.74) is 2.43. The van der Waals surface area contributed by atoms with E-state index < -0.39 is 6.10 Å². The molecule has 2 nitrogen and oxygen atoms in total. The highest BCUT2D eigenvalue weighted by Gasteiger charge is 2.19. The number of ether oxygens (including phenoxy) is 1. The molecule has 0 spiro atoms. The summed E-state index contributed by atoms with van der Waals surface area (Å²) in [5.74, 6) is -0.338. The minimum absolute atomic E-state index is 0.338. The Labute approximate surface area is 143 Å². The van der Waals surface area contributed by atoms with Gasteiger partial charge in [0.05, 0.1) is 5.56 Å². The molecule has 0 bridgehead atoms. The van der Waals surface area contributed by atoms with Crippen molar-refractivity contribution < 1.29 is 9.53 Å². The van der Waals surface area contributed by atoms with Crippen molar-refractivity contribution in [2.24, 2.45) is 0 Å². The number of rotatable bonds is 4. The lowest BCUT2D eigenvalue weighted by molar-refractivity contribution is 0.0378. The zero-order chi connectivity index (χ0) is 16.1. The van der Waals surface area contributed by atoms with Gasteiger partial charge in [0.1, 0.15) is 0 Å². The Bertz CT molecular complexity index is 728. The molecule has 0 saturated carbocycles. The van der Waals surface area contributed by atoms with E-state index in [1.807, 2.05) is 72.8 Å². The van der Waals surface area contributed by atoms with Gasteiger partial charge in [-0.15, -0.1) is 0 Å². The Morgan fingerprint density at radius 3 is 1.70 bits per heavy atom. The minimum atomic E-state index is -0.423. The van der Waals surface area contributed by atoms with E-state index in [-0.39, 0.29) is 5.97 Å². The van der Waals surface area contributed by atoms with Crippen LogP contribution in [-0.4, -0.2) is 5.97 Å². The average Bonchev–Trinajstić information content (AvgIpc) is 2.61. The maximum absolute atomic E-state index is 12.5. The van der Waals surface area contributed by atoms with Crippen LogP contribution in [0.5, 0.6) is 0 Å². The molecule has 0 radical (unpaired) electrons. The van der Waals surface area contributed by atoms with Gasteiger partial charge in [0.25, 0.3) is 0 Å². The predicted octanol–water partition coefficient (Wildman–Crippen LogP) is 5.40. The number of esters is 1. The first-order chi connectivity index (χ1) is 11.2. The highest BCUT2D eigenvalue weighted by Crippen LogP contribution is 2.27. The largest absolute Gasteiger partial charge is 0.449 e. The molecular formula is C20H15BrO2. The maximum atomic E-state index is 12.5. The van der Waals surface area contributed by atoms with Crippen molar-refractivity contribution in [3.05, 3.63) is 106 Å². The summed E-state index contributed by atoms with van der Waals surface area (Å²) in [7, 11) is 0. The number of benzene rings is 3. The van der Waals surface area contributed by atoms with Crippen molar-refractivity contribution in [1.82, 2.24) is 0 Å². The highest BCUT2D eigenvalue weighted by molar-refractivity contribution is 9.10. The van der Waals surface area contributed by atoms with E-state index in [4.69, 9.17) is 4.74 Å². The van der Waals surface area contributed by atoms with E-state index in [9.17, 15) is 4.79 Å². The van der Waals surface area contributed by atoms with Gasteiger partial charge in [0, 0.05) is 4.47 Å². The normalized spacial score (nSPS) is 10.5. The van der Waals surface area contributed by atoms with Gasteiger partial charge in [-0.25, -0.2) is 4.79 Å². The first kappa shape index (κ1) is 15.5. The number of halogens is 1. The Balaban J connectivity index is 1.90. The van der Waals surface area contributed by atoms with Crippen LogP contribution < -0.4 is 0 Å². The Morgan fingerprint density at radius 1 is 0.739 bits per heavy atom. The molecule has 114 valence electrons. The summed E-state index contributed by atoms with van der Waals surface area (Å²) < 4.78 is 6.72. The molecule has 3 aromatic rings. The SMILES string of the molecule is O=C(OC(c1ccccc1)c1ccccc1)c1ccc(Br)cc1. The van der Waals surface area contributed by atoms with E-state index in [2.05, 4.69) is 15.9 Å². The molecule has 3 heteroatoms. The predicted molar refractivity (Wildman–Crippen MR) is 94.3 cm³/mol. The molecule has 23 heavy (non-hydrogen) atoms. The third-order valence-electron chi connectivity index (χ3n) is 3.51. The molecular weight excluding hydrogens is 352 g/mol. The number of carbonyl (C=O) groups excluding carboxylic acids is 1. The Morgan fingerprint density at radius 2 is 1.22 bits per heavy atom. The summed E-state index contributed by atoms with van der Waals surface area (Å²) in [6, 6.07) is 26.7. The van der Waals surface area contributed by atoms with E-state index >= 15 is 0 Å². The van der Waals surface area contributed by atoms with Crippen LogP contribution in [0.15, 0.2) is 89.4 Å². The van der Waals surface area contributed by atoms with Crippen molar-refractivity contribution in [3.63, 3.8) is 0 Å². The zero-order valence-electron chi connectivity index (χ0n) is 12.4. The molecule has 0 aliphatic carbocycles. The first-order valence-corrected chi connectivity index (χ1v) is 8.10. The summed E-state index contributed by atoms with van der Waals surface area (Å²) in [5, 5.41) is 0. The number of hydrogen-bond donors (Lipinski definition) is 0. The molecule has 0 aliphatic rings. The molecule has 0 aliphatic heterocycles. The standard InChI is InChI=1S/C20H15BrO2/c21-18-13-11-17(12-14-18)20(22)23-19(15-7-3-1-4-8-15)16-9-5-2-6-10-16/h1-14,19H. The number of carbonyl (C=O) groups is 1. The summed E-state index contributed by atoms with van der Waals surface area (Å²) in [6.45, 7) is 0. The highest BCUT2D eigenvalue weighted by atomic mass is 79.9. The molecule has 0 fully saturated rings. The van der Waals surface area contributed by atoms with Crippen molar-refractivity contribution >= 4 is 21.9 Å². The Hall–Kier alpha value is -2.39. The molecule has 0 unspecified atom stereocenters. The van der Waals surface area contributed by atoms with Gasteiger partial charge in [-0.2, -0.15) is 0 Å². The van der Waals surface area contributed by atoms with Crippen LogP contribution in [0, 0.1) is 0 Å². The number of hydrogen-bond acceptors (Lipinski definition) is 2. The Kier molecular flexibility index (Phi) is 4.89. The quantitative estimate of drug-likeness (QED) is 0.578. The van der Waals surface area contributed by atoms with E-state index in [1.54, 1.807) is 12.1 Å². The topological polar surface area (TPSA) is 26.3 Å². The van der Waals surface area contributed by atoms with Crippen LogP contribution in [0.2, 0.25) is 0 Å². The zero-order valence-corrected chi connectivity index (χ0v) is 13.9. The van der Waals surface area contributed by atoms with Crippen LogP contribution >= 0.6 is 15.9 Å². The lowest BCUT2D eigenvalue weighted by atomic mass is 10.0. The van der Waals surface area contributed by atoms with Crippen molar-refractivity contribution in [3.8, 4) is 0 Å². The average molecular weight is 367 g/mol. The van der Waals surface area contributed by atoms with Crippen LogP contribution in [0.3, 0.4) is 0 Å². The van der Waals surface area contributed by atoms with Crippen LogP contribution in [0.1, 0.15) is 27.6 Å². The lowest BCUT2D eigenvalue weighted by Gasteiger charge is -2.19.